The molecule has 1 aliphatic carbocycles. The van der Waals surface area contributed by atoms with Crippen molar-refractivity contribution in [3.8, 4) is 0 Å². The quantitative estimate of drug-likeness (QED) is 0.723. The number of carboxylic acid groups (broad SMARTS) is 1. The predicted octanol–water partition coefficient (Wildman–Crippen LogP) is 3.34. The van der Waals surface area contributed by atoms with Crippen molar-refractivity contribution >= 4 is 23.5 Å². The van der Waals surface area contributed by atoms with Gasteiger partial charge in [0.1, 0.15) is 5.82 Å². The van der Waals surface area contributed by atoms with Crippen LogP contribution in [-0.4, -0.2) is 70.4 Å². The van der Waals surface area contributed by atoms with E-state index in [9.17, 15) is 19.8 Å². The largest absolute Gasteiger partial charge is 0.465 e. The van der Waals surface area contributed by atoms with E-state index in [0.717, 1.165) is 63.9 Å². The van der Waals surface area contributed by atoms with Crippen molar-refractivity contribution in [2.75, 3.05) is 36.0 Å². The molecule has 0 bridgehead atoms. The second-order valence-electron chi connectivity index (χ2n) is 10.2. The van der Waals surface area contributed by atoms with Gasteiger partial charge in [0.2, 0.25) is 5.91 Å². The number of aromatic nitrogens is 1. The number of amides is 2. The number of rotatable bonds is 5. The van der Waals surface area contributed by atoms with Crippen LogP contribution in [0, 0.1) is 11.3 Å². The number of carbonyl (C=O) groups is 2. The van der Waals surface area contributed by atoms with Gasteiger partial charge in [-0.15, -0.1) is 0 Å². The summed E-state index contributed by atoms with van der Waals surface area (Å²) in [7, 11) is 0. The summed E-state index contributed by atoms with van der Waals surface area (Å²) in [6.45, 7) is 6.73. The van der Waals surface area contributed by atoms with Crippen LogP contribution < -0.4 is 9.80 Å². The fourth-order valence-electron chi connectivity index (χ4n) is 5.66. The van der Waals surface area contributed by atoms with Crippen LogP contribution >= 0.6 is 0 Å². The number of hydrogen-bond donors (Lipinski definition) is 2. The molecular weight excluding hydrogens is 408 g/mol. The van der Waals surface area contributed by atoms with Crippen molar-refractivity contribution in [2.45, 2.75) is 70.9 Å². The van der Waals surface area contributed by atoms with Gasteiger partial charge in [0.25, 0.3) is 0 Å². The summed E-state index contributed by atoms with van der Waals surface area (Å²) >= 11 is 0. The van der Waals surface area contributed by atoms with Crippen molar-refractivity contribution in [1.29, 1.82) is 0 Å². The molecule has 2 aliphatic heterocycles. The Morgan fingerprint density at radius 1 is 1.22 bits per heavy atom. The highest BCUT2D eigenvalue weighted by molar-refractivity contribution is 5.87. The summed E-state index contributed by atoms with van der Waals surface area (Å²) in [5, 5.41) is 19.4. The first kappa shape index (κ1) is 22.8. The molecule has 1 atom stereocenters. The Balaban J connectivity index is 1.45. The summed E-state index contributed by atoms with van der Waals surface area (Å²) in [5.74, 6) is 1.29. The lowest BCUT2D eigenvalue weighted by molar-refractivity contribution is -0.139. The average Bonchev–Trinajstić information content (AvgIpc) is 3.08. The third-order valence-corrected chi connectivity index (χ3v) is 7.38. The van der Waals surface area contributed by atoms with Gasteiger partial charge in [-0.05, 0) is 63.0 Å². The highest BCUT2D eigenvalue weighted by Crippen LogP contribution is 2.43. The number of nitrogens with zero attached hydrogens (tertiary/aromatic N) is 4. The Hall–Kier alpha value is -2.35. The molecule has 8 heteroatoms. The fourth-order valence-corrected chi connectivity index (χ4v) is 5.66. The van der Waals surface area contributed by atoms with Crippen LogP contribution in [0.2, 0.25) is 0 Å². The van der Waals surface area contributed by atoms with Gasteiger partial charge in [-0.25, -0.2) is 9.78 Å². The van der Waals surface area contributed by atoms with E-state index in [2.05, 4.69) is 14.8 Å². The molecule has 3 heterocycles. The monoisotopic (exact) mass is 444 g/mol. The maximum absolute atomic E-state index is 13.5. The van der Waals surface area contributed by atoms with E-state index in [1.807, 2.05) is 26.0 Å². The molecular formula is C24H36N4O4. The second-order valence-corrected chi connectivity index (χ2v) is 10.2. The van der Waals surface area contributed by atoms with Gasteiger partial charge in [0.05, 0.1) is 23.4 Å². The minimum absolute atomic E-state index is 0.213. The molecule has 2 amide bonds. The van der Waals surface area contributed by atoms with E-state index in [1.165, 1.54) is 4.90 Å². The number of carbonyl (C=O) groups excluding carboxylic acids is 1. The Labute approximate surface area is 190 Å². The molecule has 1 saturated carbocycles. The molecule has 8 nitrogen and oxygen atoms in total. The number of hydrogen-bond acceptors (Lipinski definition) is 5. The van der Waals surface area contributed by atoms with E-state index in [1.54, 1.807) is 6.20 Å². The molecule has 1 spiro atoms. The van der Waals surface area contributed by atoms with Crippen LogP contribution in [0.15, 0.2) is 18.3 Å². The Kier molecular flexibility index (Phi) is 6.60. The van der Waals surface area contributed by atoms with Crippen LogP contribution in [0.1, 0.15) is 58.8 Å². The van der Waals surface area contributed by atoms with E-state index in [-0.39, 0.29) is 29.4 Å². The highest BCUT2D eigenvalue weighted by Gasteiger charge is 2.50. The zero-order valence-electron chi connectivity index (χ0n) is 19.2. The van der Waals surface area contributed by atoms with E-state index >= 15 is 0 Å². The van der Waals surface area contributed by atoms with Gasteiger partial charge in [-0.3, -0.25) is 9.69 Å². The van der Waals surface area contributed by atoms with Crippen molar-refractivity contribution < 1.29 is 19.8 Å². The molecule has 3 fully saturated rings. The molecule has 1 unspecified atom stereocenters. The highest BCUT2D eigenvalue weighted by atomic mass is 16.4. The molecule has 3 aliphatic rings. The third-order valence-electron chi connectivity index (χ3n) is 7.38. The number of pyridine rings is 1. The average molecular weight is 445 g/mol. The summed E-state index contributed by atoms with van der Waals surface area (Å²) in [5.41, 5.74) is 0.226. The first-order valence-electron chi connectivity index (χ1n) is 12.0. The zero-order chi connectivity index (χ0) is 22.9. The lowest BCUT2D eigenvalue weighted by Crippen LogP contribution is -2.50. The normalized spacial score (nSPS) is 28.6. The number of likely N-dealkylation sites (tertiary alicyclic amines) is 1. The number of anilines is 2. The van der Waals surface area contributed by atoms with Crippen LogP contribution in [0.3, 0.4) is 0 Å². The second kappa shape index (κ2) is 9.25. The minimum atomic E-state index is -0.975. The van der Waals surface area contributed by atoms with Gasteiger partial charge < -0.3 is 20.0 Å². The molecule has 4 rings (SSSR count). The number of aliphatic hydroxyl groups excluding tert-OH is 1. The maximum Gasteiger partial charge on any atom is 0.411 e. The van der Waals surface area contributed by atoms with Crippen LogP contribution in [-0.2, 0) is 4.79 Å². The molecule has 2 N–H and O–H groups in total. The fraction of sp³-hybridized carbons (Fsp3) is 0.708. The maximum atomic E-state index is 13.5. The number of aliphatic hydroxyl groups is 1. The first-order valence-corrected chi connectivity index (χ1v) is 12.0. The smallest absolute Gasteiger partial charge is 0.411 e. The standard InChI is InChI=1S/C24H36N4O4/c1-17(2)15-28(23(31)32)19-6-9-21(25-14-19)26-12-3-10-24(16-26)11-13-27(22(24)30)18-4-7-20(29)8-5-18/h6,9,14,17-18,20,29H,3-5,7-8,10-13,15-16H2,1-2H3,(H,31,32). The van der Waals surface area contributed by atoms with Crippen LogP contribution in [0.25, 0.3) is 0 Å². The Morgan fingerprint density at radius 2 is 1.97 bits per heavy atom. The molecule has 1 aromatic heterocycles. The van der Waals surface area contributed by atoms with E-state index in [4.69, 9.17) is 0 Å². The first-order chi connectivity index (χ1) is 15.3. The Morgan fingerprint density at radius 3 is 2.59 bits per heavy atom. The van der Waals surface area contributed by atoms with Crippen LogP contribution in [0.4, 0.5) is 16.3 Å². The van der Waals surface area contributed by atoms with Gasteiger partial charge >= 0.3 is 6.09 Å². The summed E-state index contributed by atoms with van der Waals surface area (Å²) in [4.78, 5) is 35.3. The van der Waals surface area contributed by atoms with Crippen molar-refractivity contribution in [1.82, 2.24) is 9.88 Å². The van der Waals surface area contributed by atoms with Crippen molar-refractivity contribution in [2.24, 2.45) is 11.3 Å². The number of piperidine rings is 1. The molecule has 176 valence electrons. The molecule has 0 radical (unpaired) electrons. The summed E-state index contributed by atoms with van der Waals surface area (Å²) in [6, 6.07) is 3.96. The third kappa shape index (κ3) is 4.56. The van der Waals surface area contributed by atoms with Crippen molar-refractivity contribution in [3.05, 3.63) is 18.3 Å². The Bertz CT molecular complexity index is 822. The summed E-state index contributed by atoms with van der Waals surface area (Å²) in [6.07, 6.45) is 6.53. The zero-order valence-corrected chi connectivity index (χ0v) is 19.2. The predicted molar refractivity (Wildman–Crippen MR) is 123 cm³/mol. The molecule has 1 aromatic rings. The molecule has 2 saturated heterocycles. The van der Waals surface area contributed by atoms with E-state index in [0.29, 0.717) is 18.8 Å². The van der Waals surface area contributed by atoms with Gasteiger partial charge in [-0.1, -0.05) is 13.8 Å². The van der Waals surface area contributed by atoms with Crippen molar-refractivity contribution in [3.63, 3.8) is 0 Å². The minimum Gasteiger partial charge on any atom is -0.465 e. The van der Waals surface area contributed by atoms with Gasteiger partial charge in [0, 0.05) is 32.2 Å². The lowest BCUT2D eigenvalue weighted by Gasteiger charge is -2.41. The van der Waals surface area contributed by atoms with E-state index < -0.39 is 6.09 Å². The van der Waals surface area contributed by atoms with Gasteiger partial charge in [0.15, 0.2) is 0 Å². The topological polar surface area (TPSA) is 97.2 Å². The lowest BCUT2D eigenvalue weighted by atomic mass is 9.78. The van der Waals surface area contributed by atoms with Crippen LogP contribution in [0.5, 0.6) is 0 Å². The van der Waals surface area contributed by atoms with Gasteiger partial charge in [-0.2, -0.15) is 0 Å². The SMILES string of the molecule is CC(C)CN(C(=O)O)c1ccc(N2CCCC3(CCN(C4CCC(O)CC4)C3=O)C2)nc1. The molecule has 0 aromatic carbocycles. The molecule has 32 heavy (non-hydrogen) atoms. The summed E-state index contributed by atoms with van der Waals surface area (Å²) < 4.78 is 0.